The smallest absolute Gasteiger partial charge is 0.315 e. The standard InChI is InChI=1S/C10H20N2O2/c1-3-4-5-7-11-10(14)12-9(2)6-8-13/h3-4,9,13H,5-8H2,1-2H3,(H2,11,12,14)/b4-3+/t9-/m1/s1. The van der Waals surface area contributed by atoms with Gasteiger partial charge in [-0.15, -0.1) is 0 Å². The number of aliphatic hydroxyl groups is 1. The van der Waals surface area contributed by atoms with Crippen LogP contribution >= 0.6 is 0 Å². The molecule has 0 aromatic rings. The molecule has 0 heterocycles. The maximum Gasteiger partial charge on any atom is 0.315 e. The molecule has 4 heteroatoms. The van der Waals surface area contributed by atoms with Crippen molar-refractivity contribution in [3.8, 4) is 0 Å². The summed E-state index contributed by atoms with van der Waals surface area (Å²) in [6, 6.07) is -0.155. The zero-order chi connectivity index (χ0) is 10.8. The normalized spacial score (nSPS) is 12.8. The molecule has 0 saturated heterocycles. The Labute approximate surface area is 85.4 Å². The lowest BCUT2D eigenvalue weighted by Crippen LogP contribution is -2.41. The van der Waals surface area contributed by atoms with Crippen LogP contribution in [0.5, 0.6) is 0 Å². The first-order chi connectivity index (χ1) is 6.70. The van der Waals surface area contributed by atoms with Crippen LogP contribution in [0.4, 0.5) is 4.79 Å². The van der Waals surface area contributed by atoms with Gasteiger partial charge in [0.25, 0.3) is 0 Å². The summed E-state index contributed by atoms with van der Waals surface area (Å²) in [5.74, 6) is 0. The molecule has 0 bridgehead atoms. The van der Waals surface area contributed by atoms with Gasteiger partial charge in [-0.2, -0.15) is 0 Å². The summed E-state index contributed by atoms with van der Waals surface area (Å²) in [6.45, 7) is 4.55. The fourth-order valence-electron chi connectivity index (χ4n) is 0.976. The predicted molar refractivity (Wildman–Crippen MR) is 57.1 cm³/mol. The Bertz CT molecular complexity index is 181. The molecule has 4 nitrogen and oxygen atoms in total. The van der Waals surface area contributed by atoms with Gasteiger partial charge < -0.3 is 15.7 Å². The summed E-state index contributed by atoms with van der Waals surface area (Å²) in [5.41, 5.74) is 0. The molecule has 3 N–H and O–H groups in total. The van der Waals surface area contributed by atoms with Crippen molar-refractivity contribution in [1.82, 2.24) is 10.6 Å². The third-order valence-corrected chi connectivity index (χ3v) is 1.77. The molecule has 0 aliphatic rings. The third-order valence-electron chi connectivity index (χ3n) is 1.77. The van der Waals surface area contributed by atoms with Crippen molar-refractivity contribution >= 4 is 6.03 Å². The van der Waals surface area contributed by atoms with E-state index in [1.165, 1.54) is 0 Å². The van der Waals surface area contributed by atoms with Crippen LogP contribution < -0.4 is 10.6 Å². The molecule has 2 amide bonds. The predicted octanol–water partition coefficient (Wildman–Crippen LogP) is 1.02. The van der Waals surface area contributed by atoms with Crippen LogP contribution in [0.15, 0.2) is 12.2 Å². The molecule has 0 fully saturated rings. The van der Waals surface area contributed by atoms with Gasteiger partial charge in [0.2, 0.25) is 0 Å². The molecule has 0 spiro atoms. The van der Waals surface area contributed by atoms with Gasteiger partial charge in [-0.25, -0.2) is 4.79 Å². The van der Waals surface area contributed by atoms with Gasteiger partial charge >= 0.3 is 6.03 Å². The topological polar surface area (TPSA) is 61.4 Å². The first kappa shape index (κ1) is 13.0. The maximum atomic E-state index is 11.2. The largest absolute Gasteiger partial charge is 0.396 e. The van der Waals surface area contributed by atoms with E-state index in [9.17, 15) is 4.79 Å². The Hall–Kier alpha value is -1.03. The van der Waals surface area contributed by atoms with E-state index in [1.807, 2.05) is 26.0 Å². The van der Waals surface area contributed by atoms with Crippen molar-refractivity contribution in [2.75, 3.05) is 13.2 Å². The van der Waals surface area contributed by atoms with Gasteiger partial charge in [-0.05, 0) is 26.7 Å². The number of urea groups is 1. The monoisotopic (exact) mass is 200 g/mol. The number of aliphatic hydroxyl groups excluding tert-OH is 1. The molecule has 1 atom stereocenters. The fraction of sp³-hybridized carbons (Fsp3) is 0.700. The summed E-state index contributed by atoms with van der Waals surface area (Å²) in [4.78, 5) is 11.2. The zero-order valence-corrected chi connectivity index (χ0v) is 8.92. The second kappa shape index (κ2) is 8.56. The summed E-state index contributed by atoms with van der Waals surface area (Å²) in [5, 5.41) is 14.1. The van der Waals surface area contributed by atoms with Crippen molar-refractivity contribution in [1.29, 1.82) is 0 Å². The fourth-order valence-corrected chi connectivity index (χ4v) is 0.976. The highest BCUT2D eigenvalue weighted by molar-refractivity contribution is 5.74. The minimum absolute atomic E-state index is 0.0155. The van der Waals surface area contributed by atoms with Crippen molar-refractivity contribution in [3.63, 3.8) is 0 Å². The van der Waals surface area contributed by atoms with E-state index in [4.69, 9.17) is 5.11 Å². The van der Waals surface area contributed by atoms with E-state index < -0.39 is 0 Å². The number of nitrogens with one attached hydrogen (secondary N) is 2. The average Bonchev–Trinajstić information content (AvgIpc) is 2.13. The minimum atomic E-state index is -0.171. The van der Waals surface area contributed by atoms with Gasteiger partial charge in [-0.1, -0.05) is 12.2 Å². The number of hydrogen-bond acceptors (Lipinski definition) is 2. The van der Waals surface area contributed by atoms with Gasteiger partial charge in [0.05, 0.1) is 0 Å². The molecule has 0 aliphatic heterocycles. The van der Waals surface area contributed by atoms with Crippen LogP contribution in [0.25, 0.3) is 0 Å². The number of amides is 2. The van der Waals surface area contributed by atoms with Crippen LogP contribution in [0, 0.1) is 0 Å². The summed E-state index contributed by atoms with van der Waals surface area (Å²) in [7, 11) is 0. The third kappa shape index (κ3) is 7.61. The number of hydrogen-bond donors (Lipinski definition) is 3. The van der Waals surface area contributed by atoms with Crippen molar-refractivity contribution < 1.29 is 9.90 Å². The Morgan fingerprint density at radius 2 is 2.29 bits per heavy atom. The Morgan fingerprint density at radius 3 is 2.86 bits per heavy atom. The molecular weight excluding hydrogens is 180 g/mol. The molecule has 0 unspecified atom stereocenters. The molecule has 0 aliphatic carbocycles. The number of rotatable bonds is 6. The second-order valence-corrected chi connectivity index (χ2v) is 3.17. The molecule has 14 heavy (non-hydrogen) atoms. The highest BCUT2D eigenvalue weighted by atomic mass is 16.3. The van der Waals surface area contributed by atoms with E-state index in [1.54, 1.807) is 0 Å². The number of carbonyl (C=O) groups excluding carboxylic acids is 1. The highest BCUT2D eigenvalue weighted by Gasteiger charge is 2.04. The molecule has 82 valence electrons. The van der Waals surface area contributed by atoms with E-state index >= 15 is 0 Å². The van der Waals surface area contributed by atoms with E-state index in [0.717, 1.165) is 6.42 Å². The van der Waals surface area contributed by atoms with Crippen molar-refractivity contribution in [3.05, 3.63) is 12.2 Å². The summed E-state index contributed by atoms with van der Waals surface area (Å²) in [6.07, 6.45) is 5.38. The zero-order valence-electron chi connectivity index (χ0n) is 8.92. The Balaban J connectivity index is 3.45. The molecule has 0 radical (unpaired) electrons. The highest BCUT2D eigenvalue weighted by Crippen LogP contribution is 1.88. The Kier molecular flexibility index (Phi) is 7.93. The van der Waals surface area contributed by atoms with Crippen LogP contribution in [0.1, 0.15) is 26.7 Å². The second-order valence-electron chi connectivity index (χ2n) is 3.17. The number of carbonyl (C=O) groups is 1. The van der Waals surface area contributed by atoms with Gasteiger partial charge in [0, 0.05) is 19.2 Å². The van der Waals surface area contributed by atoms with Crippen molar-refractivity contribution in [2.24, 2.45) is 0 Å². The van der Waals surface area contributed by atoms with Gasteiger partial charge in [0.1, 0.15) is 0 Å². The van der Waals surface area contributed by atoms with Gasteiger partial charge in [-0.3, -0.25) is 0 Å². The van der Waals surface area contributed by atoms with Gasteiger partial charge in [0.15, 0.2) is 0 Å². The van der Waals surface area contributed by atoms with Crippen LogP contribution in [0.3, 0.4) is 0 Å². The average molecular weight is 200 g/mol. The van der Waals surface area contributed by atoms with Crippen LogP contribution in [-0.4, -0.2) is 30.3 Å². The van der Waals surface area contributed by atoms with Crippen molar-refractivity contribution in [2.45, 2.75) is 32.7 Å². The lowest BCUT2D eigenvalue weighted by atomic mass is 10.2. The lowest BCUT2D eigenvalue weighted by molar-refractivity contribution is 0.231. The maximum absolute atomic E-state index is 11.2. The first-order valence-corrected chi connectivity index (χ1v) is 4.97. The quantitative estimate of drug-likeness (QED) is 0.443. The molecular formula is C10H20N2O2. The van der Waals surface area contributed by atoms with Crippen LogP contribution in [-0.2, 0) is 0 Å². The summed E-state index contributed by atoms with van der Waals surface area (Å²) < 4.78 is 0. The number of allylic oxidation sites excluding steroid dienone is 1. The van der Waals surface area contributed by atoms with E-state index in [0.29, 0.717) is 13.0 Å². The molecule has 0 aromatic heterocycles. The van der Waals surface area contributed by atoms with E-state index in [2.05, 4.69) is 10.6 Å². The molecule has 0 rings (SSSR count). The molecule has 0 aromatic carbocycles. The van der Waals surface area contributed by atoms with Crippen LogP contribution in [0.2, 0.25) is 0 Å². The lowest BCUT2D eigenvalue weighted by Gasteiger charge is -2.12. The minimum Gasteiger partial charge on any atom is -0.396 e. The SMILES string of the molecule is C/C=C/CCNC(=O)N[C@H](C)CCO. The Morgan fingerprint density at radius 1 is 1.57 bits per heavy atom. The summed E-state index contributed by atoms with van der Waals surface area (Å²) >= 11 is 0. The van der Waals surface area contributed by atoms with E-state index in [-0.39, 0.29) is 18.7 Å². The first-order valence-electron chi connectivity index (χ1n) is 4.97. The molecule has 0 saturated carbocycles.